The van der Waals surface area contributed by atoms with Gasteiger partial charge in [0.1, 0.15) is 11.0 Å². The van der Waals surface area contributed by atoms with Gasteiger partial charge in [-0.2, -0.15) is 0 Å². The number of nitrogens with one attached hydrogen (secondary N) is 1. The molecule has 0 unspecified atom stereocenters. The van der Waals surface area contributed by atoms with Crippen LogP contribution in [0.2, 0.25) is 5.15 Å². The largest absolute Gasteiger partial charge is 0.369 e. The van der Waals surface area contributed by atoms with Crippen LogP contribution in [0, 0.1) is 10.1 Å². The molecular formula is C12H11ClN4O2. The molecule has 6 nitrogen and oxygen atoms in total. The first-order chi connectivity index (χ1) is 9.15. The highest BCUT2D eigenvalue weighted by Gasteiger charge is 2.09. The van der Waals surface area contributed by atoms with E-state index in [1.165, 1.54) is 12.1 Å². The summed E-state index contributed by atoms with van der Waals surface area (Å²) < 4.78 is 0. The van der Waals surface area contributed by atoms with Crippen molar-refractivity contribution in [2.24, 2.45) is 0 Å². The standard InChI is InChI=1S/C12H11ClN4O2/c13-11-7-10(17(18)19)8-12(16-11)15-6-3-9-1-4-14-5-2-9/h1-2,4-5,7-8H,3,6H2,(H,15,16). The molecule has 0 aromatic carbocycles. The normalized spacial score (nSPS) is 10.2. The molecule has 2 aromatic heterocycles. The predicted octanol–water partition coefficient (Wildman–Crippen LogP) is 2.69. The van der Waals surface area contributed by atoms with E-state index in [2.05, 4.69) is 15.3 Å². The maximum Gasteiger partial charge on any atom is 0.276 e. The molecule has 0 aliphatic carbocycles. The molecule has 0 atom stereocenters. The Hall–Kier alpha value is -2.21. The molecule has 0 saturated carbocycles. The van der Waals surface area contributed by atoms with E-state index in [9.17, 15) is 10.1 Å². The number of hydrogen-bond donors (Lipinski definition) is 1. The van der Waals surface area contributed by atoms with Gasteiger partial charge < -0.3 is 5.32 Å². The molecule has 2 heterocycles. The van der Waals surface area contributed by atoms with E-state index in [0.717, 1.165) is 12.0 Å². The van der Waals surface area contributed by atoms with Crippen LogP contribution >= 0.6 is 11.6 Å². The van der Waals surface area contributed by atoms with E-state index < -0.39 is 4.92 Å². The summed E-state index contributed by atoms with van der Waals surface area (Å²) in [5, 5.41) is 13.8. The minimum atomic E-state index is -0.498. The van der Waals surface area contributed by atoms with Gasteiger partial charge in [-0.3, -0.25) is 15.1 Å². The van der Waals surface area contributed by atoms with Crippen LogP contribution in [0.25, 0.3) is 0 Å². The van der Waals surface area contributed by atoms with Crippen molar-refractivity contribution in [1.82, 2.24) is 9.97 Å². The summed E-state index contributed by atoms with van der Waals surface area (Å²) in [6.07, 6.45) is 4.21. The lowest BCUT2D eigenvalue weighted by molar-refractivity contribution is -0.384. The van der Waals surface area contributed by atoms with Crippen LogP contribution in [0.15, 0.2) is 36.7 Å². The third-order valence-electron chi connectivity index (χ3n) is 2.46. The second kappa shape index (κ2) is 6.10. The average Bonchev–Trinajstić information content (AvgIpc) is 2.39. The quantitative estimate of drug-likeness (QED) is 0.517. The van der Waals surface area contributed by atoms with Gasteiger partial charge in [-0.05, 0) is 24.1 Å². The summed E-state index contributed by atoms with van der Waals surface area (Å²) in [7, 11) is 0. The summed E-state index contributed by atoms with van der Waals surface area (Å²) in [5.74, 6) is 0.397. The van der Waals surface area contributed by atoms with Crippen molar-refractivity contribution in [2.75, 3.05) is 11.9 Å². The minimum Gasteiger partial charge on any atom is -0.369 e. The monoisotopic (exact) mass is 278 g/mol. The van der Waals surface area contributed by atoms with Crippen LogP contribution < -0.4 is 5.32 Å². The third kappa shape index (κ3) is 3.89. The Kier molecular flexibility index (Phi) is 4.25. The van der Waals surface area contributed by atoms with E-state index in [1.54, 1.807) is 12.4 Å². The molecule has 0 radical (unpaired) electrons. The van der Waals surface area contributed by atoms with E-state index in [-0.39, 0.29) is 10.8 Å². The summed E-state index contributed by atoms with van der Waals surface area (Å²) in [4.78, 5) is 18.1. The highest BCUT2D eigenvalue weighted by molar-refractivity contribution is 6.29. The summed E-state index contributed by atoms with van der Waals surface area (Å²) in [5.41, 5.74) is 1.05. The molecular weight excluding hydrogens is 268 g/mol. The molecule has 2 aromatic rings. The highest BCUT2D eigenvalue weighted by Crippen LogP contribution is 2.20. The van der Waals surface area contributed by atoms with Gasteiger partial charge in [-0.15, -0.1) is 0 Å². The zero-order chi connectivity index (χ0) is 13.7. The van der Waals surface area contributed by atoms with Crippen molar-refractivity contribution in [2.45, 2.75) is 6.42 Å². The Morgan fingerprint density at radius 2 is 2.05 bits per heavy atom. The van der Waals surface area contributed by atoms with Gasteiger partial charge in [0.2, 0.25) is 0 Å². The van der Waals surface area contributed by atoms with Crippen LogP contribution in [-0.4, -0.2) is 21.4 Å². The third-order valence-corrected chi connectivity index (χ3v) is 2.65. The lowest BCUT2D eigenvalue weighted by Gasteiger charge is -2.05. The number of hydrogen-bond acceptors (Lipinski definition) is 5. The van der Waals surface area contributed by atoms with Crippen molar-refractivity contribution < 1.29 is 4.92 Å². The lowest BCUT2D eigenvalue weighted by atomic mass is 10.2. The smallest absolute Gasteiger partial charge is 0.276 e. The van der Waals surface area contributed by atoms with Gasteiger partial charge in [0, 0.05) is 18.9 Å². The van der Waals surface area contributed by atoms with Gasteiger partial charge >= 0.3 is 0 Å². The molecule has 0 aliphatic rings. The van der Waals surface area contributed by atoms with Crippen molar-refractivity contribution in [1.29, 1.82) is 0 Å². The Labute approximate surface area is 114 Å². The van der Waals surface area contributed by atoms with Gasteiger partial charge in [0.15, 0.2) is 0 Å². The molecule has 7 heteroatoms. The van der Waals surface area contributed by atoms with E-state index >= 15 is 0 Å². The van der Waals surface area contributed by atoms with E-state index in [0.29, 0.717) is 12.4 Å². The van der Waals surface area contributed by atoms with Gasteiger partial charge in [-0.1, -0.05) is 11.6 Å². The number of anilines is 1. The number of nitrogens with zero attached hydrogens (tertiary/aromatic N) is 3. The molecule has 2 rings (SSSR count). The van der Waals surface area contributed by atoms with Gasteiger partial charge in [0.05, 0.1) is 17.1 Å². The van der Waals surface area contributed by atoms with Gasteiger partial charge in [-0.25, -0.2) is 4.98 Å². The fourth-order valence-corrected chi connectivity index (χ4v) is 1.77. The molecule has 0 fully saturated rings. The maximum atomic E-state index is 10.7. The first-order valence-corrected chi connectivity index (χ1v) is 5.98. The molecule has 0 spiro atoms. The van der Waals surface area contributed by atoms with Crippen LogP contribution in [-0.2, 0) is 6.42 Å². The molecule has 19 heavy (non-hydrogen) atoms. The fourth-order valence-electron chi connectivity index (χ4n) is 1.56. The summed E-state index contributed by atoms with van der Waals surface area (Å²) in [6.45, 7) is 0.606. The Bertz CT molecular complexity index is 577. The van der Waals surface area contributed by atoms with Crippen LogP contribution in [0.3, 0.4) is 0 Å². The summed E-state index contributed by atoms with van der Waals surface area (Å²) >= 11 is 5.73. The highest BCUT2D eigenvalue weighted by atomic mass is 35.5. The Morgan fingerprint density at radius 1 is 1.32 bits per heavy atom. The number of rotatable bonds is 5. The minimum absolute atomic E-state index is 0.0774. The summed E-state index contributed by atoms with van der Waals surface area (Å²) in [6, 6.07) is 6.40. The Morgan fingerprint density at radius 3 is 2.74 bits per heavy atom. The van der Waals surface area contributed by atoms with Crippen molar-refractivity contribution in [3.05, 3.63) is 57.5 Å². The lowest BCUT2D eigenvalue weighted by Crippen LogP contribution is -2.06. The molecule has 0 bridgehead atoms. The molecule has 1 N–H and O–H groups in total. The first-order valence-electron chi connectivity index (χ1n) is 5.60. The second-order valence-corrected chi connectivity index (χ2v) is 4.21. The Balaban J connectivity index is 1.98. The topological polar surface area (TPSA) is 81.0 Å². The SMILES string of the molecule is O=[N+]([O-])c1cc(Cl)nc(NCCc2ccncc2)c1. The van der Waals surface area contributed by atoms with E-state index in [1.807, 2.05) is 12.1 Å². The molecule has 0 aliphatic heterocycles. The number of aromatic nitrogens is 2. The predicted molar refractivity (Wildman–Crippen MR) is 72.3 cm³/mol. The van der Waals surface area contributed by atoms with Crippen molar-refractivity contribution in [3.63, 3.8) is 0 Å². The fraction of sp³-hybridized carbons (Fsp3) is 0.167. The zero-order valence-corrected chi connectivity index (χ0v) is 10.7. The molecule has 0 amide bonds. The van der Waals surface area contributed by atoms with Crippen molar-refractivity contribution in [3.8, 4) is 0 Å². The number of nitro groups is 1. The number of halogens is 1. The average molecular weight is 279 g/mol. The molecule has 98 valence electrons. The number of pyridine rings is 2. The maximum absolute atomic E-state index is 10.7. The second-order valence-electron chi connectivity index (χ2n) is 3.82. The van der Waals surface area contributed by atoms with Crippen molar-refractivity contribution >= 4 is 23.1 Å². The first kappa shape index (κ1) is 13.2. The zero-order valence-electron chi connectivity index (χ0n) is 9.91. The molecule has 0 saturated heterocycles. The van der Waals surface area contributed by atoms with E-state index in [4.69, 9.17) is 11.6 Å². The van der Waals surface area contributed by atoms with Crippen LogP contribution in [0.5, 0.6) is 0 Å². The van der Waals surface area contributed by atoms with Gasteiger partial charge in [0.25, 0.3) is 5.69 Å². The van der Waals surface area contributed by atoms with Crippen LogP contribution in [0.4, 0.5) is 11.5 Å². The van der Waals surface area contributed by atoms with Crippen LogP contribution in [0.1, 0.15) is 5.56 Å².